The van der Waals surface area contributed by atoms with E-state index in [1.165, 1.54) is 24.0 Å². The van der Waals surface area contributed by atoms with Crippen LogP contribution in [0.15, 0.2) is 72.8 Å². The molecule has 1 nitrogen and oxygen atoms in total. The monoisotopic (exact) mass is 335 g/mol. The molecule has 0 aromatic heterocycles. The molecular formula is C24H33N. The molecule has 0 saturated heterocycles. The van der Waals surface area contributed by atoms with E-state index in [0.717, 1.165) is 13.1 Å². The Kier molecular flexibility index (Phi) is 7.46. The molecule has 2 aromatic rings. The Morgan fingerprint density at radius 1 is 0.920 bits per heavy atom. The molecule has 1 heteroatoms. The van der Waals surface area contributed by atoms with Crippen LogP contribution < -0.4 is 0 Å². The van der Waals surface area contributed by atoms with Gasteiger partial charge in [-0.2, -0.15) is 0 Å². The van der Waals surface area contributed by atoms with Crippen molar-refractivity contribution in [2.45, 2.75) is 44.9 Å². The SMILES string of the molecule is CC1(c2ccccc2)CCC=CC1c1ccccc1.CCN(C)CC. The van der Waals surface area contributed by atoms with Gasteiger partial charge in [0.25, 0.3) is 0 Å². The number of hydrogen-bond donors (Lipinski definition) is 0. The second-order valence-corrected chi connectivity index (χ2v) is 7.13. The van der Waals surface area contributed by atoms with E-state index >= 15 is 0 Å². The number of hydrogen-bond acceptors (Lipinski definition) is 1. The van der Waals surface area contributed by atoms with Crippen LogP contribution in [-0.2, 0) is 5.41 Å². The molecule has 1 aliphatic rings. The molecule has 0 amide bonds. The third-order valence-corrected chi connectivity index (χ3v) is 5.52. The first-order valence-electron chi connectivity index (χ1n) is 9.57. The predicted octanol–water partition coefficient (Wildman–Crippen LogP) is 6.04. The van der Waals surface area contributed by atoms with Crippen LogP contribution in [0.2, 0.25) is 0 Å². The number of nitrogens with zero attached hydrogens (tertiary/aromatic N) is 1. The van der Waals surface area contributed by atoms with Crippen LogP contribution >= 0.6 is 0 Å². The summed E-state index contributed by atoms with van der Waals surface area (Å²) < 4.78 is 0. The summed E-state index contributed by atoms with van der Waals surface area (Å²) in [5.41, 5.74) is 3.08. The second kappa shape index (κ2) is 9.58. The van der Waals surface area contributed by atoms with Crippen molar-refractivity contribution in [3.8, 4) is 0 Å². The molecular weight excluding hydrogens is 302 g/mol. The van der Waals surface area contributed by atoms with Crippen LogP contribution in [0.5, 0.6) is 0 Å². The van der Waals surface area contributed by atoms with Crippen molar-refractivity contribution in [1.29, 1.82) is 0 Å². The number of allylic oxidation sites excluding steroid dienone is 2. The normalized spacial score (nSPS) is 22.4. The van der Waals surface area contributed by atoms with Crippen molar-refractivity contribution in [1.82, 2.24) is 4.90 Å². The topological polar surface area (TPSA) is 3.24 Å². The van der Waals surface area contributed by atoms with Crippen LogP contribution in [0.1, 0.15) is 50.7 Å². The van der Waals surface area contributed by atoms with Gasteiger partial charge in [0.1, 0.15) is 0 Å². The summed E-state index contributed by atoms with van der Waals surface area (Å²) in [6.07, 6.45) is 7.12. The van der Waals surface area contributed by atoms with Gasteiger partial charge in [-0.3, -0.25) is 0 Å². The molecule has 134 valence electrons. The Hall–Kier alpha value is -1.86. The molecule has 0 heterocycles. The molecule has 25 heavy (non-hydrogen) atoms. The Balaban J connectivity index is 0.000000326. The fraction of sp³-hybridized carbons (Fsp3) is 0.417. The van der Waals surface area contributed by atoms with E-state index < -0.39 is 0 Å². The van der Waals surface area contributed by atoms with Crippen LogP contribution in [0.4, 0.5) is 0 Å². The standard InChI is InChI=1S/C19H20.C5H13N/c1-19(17-12-6-3-7-13-17)15-9-8-14-18(19)16-10-4-2-5-11-16;1-4-6(3)5-2/h2-8,10-14,18H,9,15H2,1H3;4-5H2,1-3H3. The van der Waals surface area contributed by atoms with Crippen molar-refractivity contribution < 1.29 is 0 Å². The quantitative estimate of drug-likeness (QED) is 0.616. The van der Waals surface area contributed by atoms with E-state index in [0.29, 0.717) is 5.92 Å². The summed E-state index contributed by atoms with van der Waals surface area (Å²) in [5, 5.41) is 0. The third kappa shape index (κ3) is 5.06. The zero-order valence-corrected chi connectivity index (χ0v) is 16.3. The van der Waals surface area contributed by atoms with Gasteiger partial charge in [0.15, 0.2) is 0 Å². The Labute approximate surface area is 154 Å². The molecule has 3 rings (SSSR count). The van der Waals surface area contributed by atoms with Crippen LogP contribution in [-0.4, -0.2) is 25.0 Å². The molecule has 0 N–H and O–H groups in total. The molecule has 0 fully saturated rings. The maximum atomic E-state index is 2.41. The molecule has 0 radical (unpaired) electrons. The minimum Gasteiger partial charge on any atom is -0.307 e. The van der Waals surface area contributed by atoms with Gasteiger partial charge in [-0.1, -0.05) is 93.6 Å². The summed E-state index contributed by atoms with van der Waals surface area (Å²) in [4.78, 5) is 2.25. The summed E-state index contributed by atoms with van der Waals surface area (Å²) in [6.45, 7) is 9.05. The lowest BCUT2D eigenvalue weighted by molar-refractivity contribution is 0.373. The lowest BCUT2D eigenvalue weighted by atomic mass is 9.64. The zero-order chi connectivity index (χ0) is 18.1. The highest BCUT2D eigenvalue weighted by atomic mass is 15.1. The van der Waals surface area contributed by atoms with Gasteiger partial charge in [-0.25, -0.2) is 0 Å². The highest BCUT2D eigenvalue weighted by Gasteiger charge is 2.36. The first kappa shape index (κ1) is 19.5. The smallest absolute Gasteiger partial charge is 0.0112 e. The van der Waals surface area contributed by atoms with Gasteiger partial charge < -0.3 is 4.90 Å². The van der Waals surface area contributed by atoms with E-state index in [1.807, 2.05) is 0 Å². The minimum atomic E-state index is 0.206. The average molecular weight is 336 g/mol. The van der Waals surface area contributed by atoms with Crippen molar-refractivity contribution in [2.24, 2.45) is 0 Å². The van der Waals surface area contributed by atoms with E-state index in [1.54, 1.807) is 0 Å². The lowest BCUT2D eigenvalue weighted by Gasteiger charge is -2.39. The summed E-state index contributed by atoms with van der Waals surface area (Å²) >= 11 is 0. The van der Waals surface area contributed by atoms with E-state index in [9.17, 15) is 0 Å². The largest absolute Gasteiger partial charge is 0.307 e. The average Bonchev–Trinajstić information content (AvgIpc) is 2.69. The minimum absolute atomic E-state index is 0.206. The van der Waals surface area contributed by atoms with Crippen molar-refractivity contribution >= 4 is 0 Å². The number of benzene rings is 2. The fourth-order valence-corrected chi connectivity index (χ4v) is 3.49. The maximum absolute atomic E-state index is 2.41. The molecule has 2 atom stereocenters. The van der Waals surface area contributed by atoms with Gasteiger partial charge in [0.05, 0.1) is 0 Å². The van der Waals surface area contributed by atoms with Gasteiger partial charge in [0, 0.05) is 11.3 Å². The highest BCUT2D eigenvalue weighted by Crippen LogP contribution is 2.45. The summed E-state index contributed by atoms with van der Waals surface area (Å²) in [7, 11) is 2.11. The van der Waals surface area contributed by atoms with Gasteiger partial charge >= 0.3 is 0 Å². The molecule has 1 aliphatic carbocycles. The molecule has 0 saturated carbocycles. The fourth-order valence-electron chi connectivity index (χ4n) is 3.49. The molecule has 2 aromatic carbocycles. The third-order valence-electron chi connectivity index (χ3n) is 5.52. The van der Waals surface area contributed by atoms with Gasteiger partial charge in [0.2, 0.25) is 0 Å². The Bertz CT molecular complexity index is 628. The van der Waals surface area contributed by atoms with Crippen LogP contribution in [0.25, 0.3) is 0 Å². The molecule has 0 bridgehead atoms. The van der Waals surface area contributed by atoms with Gasteiger partial charge in [-0.05, 0) is 44.1 Å². The number of rotatable bonds is 4. The van der Waals surface area contributed by atoms with Crippen molar-refractivity contribution in [3.63, 3.8) is 0 Å². The van der Waals surface area contributed by atoms with Crippen LogP contribution in [0.3, 0.4) is 0 Å². The second-order valence-electron chi connectivity index (χ2n) is 7.13. The van der Waals surface area contributed by atoms with E-state index in [2.05, 4.69) is 106 Å². The molecule has 0 spiro atoms. The Morgan fingerprint density at radius 3 is 2.00 bits per heavy atom. The van der Waals surface area contributed by atoms with E-state index in [-0.39, 0.29) is 5.41 Å². The molecule has 2 unspecified atom stereocenters. The van der Waals surface area contributed by atoms with E-state index in [4.69, 9.17) is 0 Å². The Morgan fingerprint density at radius 2 is 1.48 bits per heavy atom. The highest BCUT2D eigenvalue weighted by molar-refractivity contribution is 5.38. The summed E-state index contributed by atoms with van der Waals surface area (Å²) in [5.74, 6) is 0.477. The molecule has 0 aliphatic heterocycles. The lowest BCUT2D eigenvalue weighted by Crippen LogP contribution is -2.31. The first-order chi connectivity index (χ1) is 12.1. The van der Waals surface area contributed by atoms with Crippen LogP contribution in [0, 0.1) is 0 Å². The van der Waals surface area contributed by atoms with Crippen molar-refractivity contribution in [3.05, 3.63) is 83.9 Å². The first-order valence-corrected chi connectivity index (χ1v) is 9.57. The van der Waals surface area contributed by atoms with Crippen molar-refractivity contribution in [2.75, 3.05) is 20.1 Å². The van der Waals surface area contributed by atoms with Gasteiger partial charge in [-0.15, -0.1) is 0 Å². The maximum Gasteiger partial charge on any atom is 0.0112 e. The zero-order valence-electron chi connectivity index (χ0n) is 16.3. The summed E-state index contributed by atoms with van der Waals surface area (Å²) in [6, 6.07) is 21.8. The predicted molar refractivity (Wildman–Crippen MR) is 110 cm³/mol.